The average molecular weight is 629 g/mol. The monoisotopic (exact) mass is 628 g/mol. The molecule has 15 heteroatoms. The van der Waals surface area contributed by atoms with E-state index in [-0.39, 0.29) is 30.6 Å². The molecule has 0 spiro atoms. The molecule has 4 aliphatic rings. The van der Waals surface area contributed by atoms with Gasteiger partial charge in [0, 0.05) is 36.5 Å². The van der Waals surface area contributed by atoms with Gasteiger partial charge in [-0.3, -0.25) is 4.79 Å². The fraction of sp³-hybridized carbons (Fsp3) is 0.690. The van der Waals surface area contributed by atoms with Crippen LogP contribution in [0.15, 0.2) is 36.3 Å². The van der Waals surface area contributed by atoms with Gasteiger partial charge in [0.1, 0.15) is 30.5 Å². The quantitative estimate of drug-likeness (QED) is 0.111. The van der Waals surface area contributed by atoms with E-state index in [1.165, 1.54) is 26.4 Å². The summed E-state index contributed by atoms with van der Waals surface area (Å²) in [6.45, 7) is 6.09. The van der Waals surface area contributed by atoms with E-state index in [4.69, 9.17) is 33.2 Å². The van der Waals surface area contributed by atoms with Crippen LogP contribution in [0, 0.1) is 29.6 Å². The molecule has 3 unspecified atom stereocenters. The fourth-order valence-electron chi connectivity index (χ4n) is 6.33. The second-order valence-corrected chi connectivity index (χ2v) is 11.3. The van der Waals surface area contributed by atoms with Gasteiger partial charge in [-0.05, 0) is 12.8 Å². The normalized spacial score (nSPS) is 39.9. The standard InChI is InChI=1S/C29H40O15/c1-5-14-15(6-7-39-13(3)31)17(11-41-28(14)44-29-24(34)23(33)22(32)20(9-30)43-29)26(36)42-19-8-16-18(25(35)38-4)10-40-27(37)21(16)12(19)2/h5,10-12,14-16,19-24,27-30,32-34,37H,1,6-9H2,2-4H3/t12-,14?,15-,16?,19-,20+,21?,22+,23-,24+,27+,28-,29-/m0/s1. The van der Waals surface area contributed by atoms with Gasteiger partial charge in [0.25, 0.3) is 0 Å². The minimum atomic E-state index is -1.70. The molecule has 0 aromatic carbocycles. The van der Waals surface area contributed by atoms with Crippen molar-refractivity contribution in [3.63, 3.8) is 0 Å². The molecule has 3 aliphatic heterocycles. The van der Waals surface area contributed by atoms with Crippen molar-refractivity contribution in [3.8, 4) is 0 Å². The highest BCUT2D eigenvalue weighted by atomic mass is 16.8. The Labute approximate surface area is 253 Å². The van der Waals surface area contributed by atoms with Crippen LogP contribution < -0.4 is 0 Å². The second kappa shape index (κ2) is 14.4. The molecule has 0 aromatic rings. The Balaban J connectivity index is 1.54. The van der Waals surface area contributed by atoms with Crippen LogP contribution in [0.2, 0.25) is 0 Å². The zero-order valence-electron chi connectivity index (χ0n) is 24.6. The minimum absolute atomic E-state index is 0.0679. The molecule has 2 fully saturated rings. The minimum Gasteiger partial charge on any atom is -0.472 e. The summed E-state index contributed by atoms with van der Waals surface area (Å²) in [4.78, 5) is 37.4. The van der Waals surface area contributed by atoms with Crippen molar-refractivity contribution >= 4 is 17.9 Å². The number of esters is 3. The molecule has 4 rings (SSSR count). The van der Waals surface area contributed by atoms with Crippen molar-refractivity contribution in [1.82, 2.24) is 0 Å². The molecule has 13 atom stereocenters. The van der Waals surface area contributed by atoms with Gasteiger partial charge in [-0.15, -0.1) is 6.58 Å². The summed E-state index contributed by atoms with van der Waals surface area (Å²) in [5.41, 5.74) is 0.297. The predicted octanol–water partition coefficient (Wildman–Crippen LogP) is -0.996. The molecule has 0 amide bonds. The molecular weight excluding hydrogens is 588 g/mol. The summed E-state index contributed by atoms with van der Waals surface area (Å²) in [6.07, 6.45) is -6.81. The molecule has 0 aromatic heterocycles. The zero-order chi connectivity index (χ0) is 32.3. The molecule has 0 bridgehead atoms. The number of carbonyl (C=O) groups excluding carboxylic acids is 3. The zero-order valence-corrected chi connectivity index (χ0v) is 24.6. The van der Waals surface area contributed by atoms with Crippen molar-refractivity contribution < 1.29 is 73.1 Å². The highest BCUT2D eigenvalue weighted by molar-refractivity contribution is 5.90. The van der Waals surface area contributed by atoms with Gasteiger partial charge in [0.05, 0.1) is 44.0 Å². The molecule has 1 saturated carbocycles. The number of aliphatic hydroxyl groups is 5. The summed E-state index contributed by atoms with van der Waals surface area (Å²) in [5, 5.41) is 50.7. The Morgan fingerprint density at radius 1 is 1.02 bits per heavy atom. The molecule has 5 N–H and O–H groups in total. The number of hydrogen-bond donors (Lipinski definition) is 5. The fourth-order valence-corrected chi connectivity index (χ4v) is 6.33. The van der Waals surface area contributed by atoms with Gasteiger partial charge in [-0.2, -0.15) is 0 Å². The molecule has 1 aliphatic carbocycles. The van der Waals surface area contributed by atoms with Gasteiger partial charge in [0.2, 0.25) is 6.29 Å². The van der Waals surface area contributed by atoms with Crippen LogP contribution in [-0.4, -0.2) is 113 Å². The lowest BCUT2D eigenvalue weighted by Gasteiger charge is -2.43. The molecule has 15 nitrogen and oxygen atoms in total. The van der Waals surface area contributed by atoms with E-state index in [1.54, 1.807) is 6.92 Å². The van der Waals surface area contributed by atoms with E-state index in [9.17, 15) is 39.9 Å². The molecule has 44 heavy (non-hydrogen) atoms. The topological polar surface area (TPSA) is 217 Å². The number of rotatable bonds is 10. The van der Waals surface area contributed by atoms with E-state index in [0.29, 0.717) is 0 Å². The van der Waals surface area contributed by atoms with Crippen LogP contribution in [0.4, 0.5) is 0 Å². The first-order chi connectivity index (χ1) is 20.9. The van der Waals surface area contributed by atoms with Crippen molar-refractivity contribution in [2.45, 2.75) is 76.1 Å². The Kier molecular flexibility index (Phi) is 11.0. The Morgan fingerprint density at radius 2 is 1.73 bits per heavy atom. The summed E-state index contributed by atoms with van der Waals surface area (Å²) in [7, 11) is 1.23. The number of hydrogen-bond acceptors (Lipinski definition) is 15. The number of ether oxygens (including phenoxy) is 7. The average Bonchev–Trinajstić information content (AvgIpc) is 3.32. The third-order valence-corrected chi connectivity index (χ3v) is 8.75. The number of methoxy groups -OCH3 is 1. The molecule has 3 heterocycles. The van der Waals surface area contributed by atoms with Gasteiger partial charge < -0.3 is 58.7 Å². The lowest BCUT2D eigenvalue weighted by Crippen LogP contribution is -2.60. The second-order valence-electron chi connectivity index (χ2n) is 11.3. The maximum absolute atomic E-state index is 13.6. The highest BCUT2D eigenvalue weighted by Gasteiger charge is 2.53. The van der Waals surface area contributed by atoms with Crippen molar-refractivity contribution in [2.24, 2.45) is 29.6 Å². The Hall–Kier alpha value is -3.05. The largest absolute Gasteiger partial charge is 0.472 e. The van der Waals surface area contributed by atoms with Crippen molar-refractivity contribution in [2.75, 3.05) is 20.3 Å². The lowest BCUT2D eigenvalue weighted by molar-refractivity contribution is -0.339. The number of carbonyl (C=O) groups is 3. The van der Waals surface area contributed by atoms with E-state index >= 15 is 0 Å². The summed E-state index contributed by atoms with van der Waals surface area (Å²) < 4.78 is 38.1. The first-order valence-corrected chi connectivity index (χ1v) is 14.3. The third kappa shape index (κ3) is 6.78. The van der Waals surface area contributed by atoms with Crippen LogP contribution in [0.5, 0.6) is 0 Å². The first kappa shape index (κ1) is 33.8. The smallest absolute Gasteiger partial charge is 0.337 e. The highest BCUT2D eigenvalue weighted by Crippen LogP contribution is 2.48. The molecule has 0 radical (unpaired) electrons. The summed E-state index contributed by atoms with van der Waals surface area (Å²) >= 11 is 0. The lowest BCUT2D eigenvalue weighted by atomic mass is 9.81. The first-order valence-electron chi connectivity index (χ1n) is 14.3. The van der Waals surface area contributed by atoms with Gasteiger partial charge in [0.15, 0.2) is 12.6 Å². The van der Waals surface area contributed by atoms with Crippen molar-refractivity contribution in [3.05, 3.63) is 36.3 Å². The van der Waals surface area contributed by atoms with Crippen LogP contribution in [0.3, 0.4) is 0 Å². The van der Waals surface area contributed by atoms with E-state index < -0.39 is 103 Å². The van der Waals surface area contributed by atoms with Crippen LogP contribution in [0.25, 0.3) is 0 Å². The Morgan fingerprint density at radius 3 is 2.36 bits per heavy atom. The summed E-state index contributed by atoms with van der Waals surface area (Å²) in [6, 6.07) is 0. The maximum Gasteiger partial charge on any atom is 0.337 e. The van der Waals surface area contributed by atoms with E-state index in [0.717, 1.165) is 6.26 Å². The maximum atomic E-state index is 13.6. The number of aliphatic hydroxyl groups excluding tert-OH is 5. The summed E-state index contributed by atoms with van der Waals surface area (Å²) in [5.74, 6) is -4.86. The van der Waals surface area contributed by atoms with Gasteiger partial charge in [-0.1, -0.05) is 13.0 Å². The van der Waals surface area contributed by atoms with Gasteiger partial charge >= 0.3 is 17.9 Å². The van der Waals surface area contributed by atoms with Crippen LogP contribution in [-0.2, 0) is 47.5 Å². The van der Waals surface area contributed by atoms with Crippen molar-refractivity contribution in [1.29, 1.82) is 0 Å². The van der Waals surface area contributed by atoms with E-state index in [2.05, 4.69) is 6.58 Å². The predicted molar refractivity (Wildman–Crippen MR) is 144 cm³/mol. The third-order valence-electron chi connectivity index (χ3n) is 8.75. The van der Waals surface area contributed by atoms with Gasteiger partial charge in [-0.25, -0.2) is 9.59 Å². The van der Waals surface area contributed by atoms with Crippen LogP contribution in [0.1, 0.15) is 26.7 Å². The SMILES string of the molecule is C=CC1[C@H](O[C@@H]2O[C@H](CO)[C@@H](O)[C@H](O)[C@H]2O)OC=C(C(=O)O[C@H]2CC3C(C(=O)OC)=CO[C@@H](O)C3[C@H]2C)[C@H]1CCOC(C)=O. The van der Waals surface area contributed by atoms with Crippen LogP contribution >= 0.6 is 0 Å². The molecule has 246 valence electrons. The molecule has 1 saturated heterocycles. The Bertz CT molecular complexity index is 1130. The molecular formula is C29H40O15. The number of fused-ring (bicyclic) bond motifs is 1. The van der Waals surface area contributed by atoms with E-state index in [1.807, 2.05) is 0 Å².